The zero-order valence-electron chi connectivity index (χ0n) is 16.5. The van der Waals surface area contributed by atoms with Crippen LogP contribution in [0.4, 0.5) is 0 Å². The lowest BCUT2D eigenvalue weighted by Gasteiger charge is -2.38. The van der Waals surface area contributed by atoms with Crippen LogP contribution >= 0.6 is 0 Å². The fraction of sp³-hybridized carbons (Fsp3) is 0.0714. The van der Waals surface area contributed by atoms with Gasteiger partial charge in [0.2, 0.25) is 0 Å². The third-order valence-electron chi connectivity index (χ3n) is 5.35. The summed E-state index contributed by atoms with van der Waals surface area (Å²) in [6.45, 7) is 2.34. The minimum Gasteiger partial charge on any atom is -0.126 e. The topological polar surface area (TPSA) is 0 Å². The first-order valence-corrected chi connectivity index (χ1v) is 11.9. The van der Waals surface area contributed by atoms with Gasteiger partial charge in [-0.2, -0.15) is 0 Å². The molecule has 0 nitrogen and oxygen atoms in total. The van der Waals surface area contributed by atoms with E-state index >= 15 is 0 Å². The first-order valence-electron chi connectivity index (χ1n) is 9.89. The standard InChI is InChI=1S/C28H23Si/c1-29(23-22-24-14-6-2-7-15-24)28(25-16-8-3-9-17-25,26-18-10-4-11-19-26)27-20-12-5-13-21-27/h2-21H,1H3. The number of benzene rings is 4. The largest absolute Gasteiger partial charge is 0.162 e. The molecule has 4 aromatic rings. The highest BCUT2D eigenvalue weighted by molar-refractivity contribution is 6.71. The predicted molar refractivity (Wildman–Crippen MR) is 124 cm³/mol. The van der Waals surface area contributed by atoms with Crippen molar-refractivity contribution in [1.82, 2.24) is 0 Å². The van der Waals surface area contributed by atoms with Crippen LogP contribution in [-0.2, 0) is 5.04 Å². The van der Waals surface area contributed by atoms with E-state index in [1.54, 1.807) is 0 Å². The summed E-state index contributed by atoms with van der Waals surface area (Å²) in [5.74, 6) is 3.45. The third-order valence-corrected chi connectivity index (χ3v) is 7.84. The summed E-state index contributed by atoms with van der Waals surface area (Å²) >= 11 is 0. The highest BCUT2D eigenvalue weighted by atomic mass is 28.3. The van der Waals surface area contributed by atoms with Crippen molar-refractivity contribution in [1.29, 1.82) is 0 Å². The van der Waals surface area contributed by atoms with Crippen molar-refractivity contribution in [3.63, 3.8) is 0 Å². The summed E-state index contributed by atoms with van der Waals surface area (Å²) < 4.78 is 0. The van der Waals surface area contributed by atoms with Gasteiger partial charge in [0.15, 0.2) is 8.80 Å². The lowest BCUT2D eigenvalue weighted by atomic mass is 9.84. The number of hydrogen-bond donors (Lipinski definition) is 0. The third kappa shape index (κ3) is 3.81. The zero-order valence-corrected chi connectivity index (χ0v) is 17.5. The second kappa shape index (κ2) is 8.77. The van der Waals surface area contributed by atoms with E-state index in [1.807, 2.05) is 18.2 Å². The van der Waals surface area contributed by atoms with Gasteiger partial charge in [0.1, 0.15) is 0 Å². The highest BCUT2D eigenvalue weighted by Gasteiger charge is 2.42. The van der Waals surface area contributed by atoms with Crippen LogP contribution in [0, 0.1) is 11.5 Å². The van der Waals surface area contributed by atoms with Crippen molar-refractivity contribution < 1.29 is 0 Å². The molecule has 1 heteroatoms. The lowest BCUT2D eigenvalue weighted by molar-refractivity contribution is 0.855. The molecule has 0 saturated carbocycles. The van der Waals surface area contributed by atoms with Crippen molar-refractivity contribution in [2.75, 3.05) is 0 Å². The molecule has 0 aliphatic heterocycles. The fourth-order valence-corrected chi connectivity index (χ4v) is 6.31. The molecule has 0 atom stereocenters. The maximum absolute atomic E-state index is 3.69. The van der Waals surface area contributed by atoms with Crippen molar-refractivity contribution in [2.45, 2.75) is 11.6 Å². The molecule has 0 saturated heterocycles. The maximum atomic E-state index is 3.69. The molecule has 0 heterocycles. The molecule has 0 aliphatic rings. The Morgan fingerprint density at radius 3 is 1.24 bits per heavy atom. The van der Waals surface area contributed by atoms with Gasteiger partial charge in [-0.3, -0.25) is 0 Å². The monoisotopic (exact) mass is 387 g/mol. The van der Waals surface area contributed by atoms with Gasteiger partial charge in [-0.15, -0.1) is 5.54 Å². The SMILES string of the molecule is C[Si](C#Cc1ccccc1)C(c1ccccc1)(c1ccccc1)c1ccccc1. The van der Waals surface area contributed by atoms with Crippen molar-refractivity contribution >= 4 is 8.80 Å². The van der Waals surface area contributed by atoms with Crippen molar-refractivity contribution in [3.8, 4) is 11.5 Å². The van der Waals surface area contributed by atoms with Crippen LogP contribution in [0.15, 0.2) is 121 Å². The summed E-state index contributed by atoms with van der Waals surface area (Å²) in [7, 11) is -1.20. The van der Waals surface area contributed by atoms with Gasteiger partial charge in [-0.25, -0.2) is 0 Å². The molecule has 4 aromatic carbocycles. The van der Waals surface area contributed by atoms with Crippen LogP contribution in [0.3, 0.4) is 0 Å². The normalized spacial score (nSPS) is 11.0. The Bertz CT molecular complexity index is 995. The highest BCUT2D eigenvalue weighted by Crippen LogP contribution is 2.41. The number of hydrogen-bond acceptors (Lipinski definition) is 0. The van der Waals surface area contributed by atoms with Gasteiger partial charge in [-0.1, -0.05) is 122 Å². The fourth-order valence-electron chi connectivity index (χ4n) is 4.00. The average molecular weight is 388 g/mol. The summed E-state index contributed by atoms with van der Waals surface area (Å²) in [4.78, 5) is 0. The second-order valence-corrected chi connectivity index (χ2v) is 9.34. The Morgan fingerprint density at radius 2 is 0.862 bits per heavy atom. The van der Waals surface area contributed by atoms with Crippen LogP contribution < -0.4 is 0 Å². The minimum atomic E-state index is -1.20. The molecule has 0 aromatic heterocycles. The maximum Gasteiger partial charge on any atom is 0.162 e. The van der Waals surface area contributed by atoms with E-state index in [2.05, 4.69) is 121 Å². The lowest BCUT2D eigenvalue weighted by Crippen LogP contribution is -2.43. The van der Waals surface area contributed by atoms with Gasteiger partial charge >= 0.3 is 0 Å². The van der Waals surface area contributed by atoms with Crippen molar-refractivity contribution in [2.24, 2.45) is 0 Å². The second-order valence-electron chi connectivity index (χ2n) is 7.09. The minimum absolute atomic E-state index is 0.254. The van der Waals surface area contributed by atoms with Crippen molar-refractivity contribution in [3.05, 3.63) is 144 Å². The smallest absolute Gasteiger partial charge is 0.126 e. The van der Waals surface area contributed by atoms with E-state index in [9.17, 15) is 0 Å². The van der Waals surface area contributed by atoms with E-state index in [1.165, 1.54) is 16.7 Å². The molecular formula is C28H23Si. The Morgan fingerprint density at radius 1 is 0.517 bits per heavy atom. The molecule has 29 heavy (non-hydrogen) atoms. The van der Waals surface area contributed by atoms with Crippen LogP contribution in [0.1, 0.15) is 22.3 Å². The van der Waals surface area contributed by atoms with Gasteiger partial charge in [0, 0.05) is 5.56 Å². The van der Waals surface area contributed by atoms with E-state index in [0.717, 1.165) is 5.56 Å². The summed E-state index contributed by atoms with van der Waals surface area (Å²) in [6.07, 6.45) is 0. The first-order chi connectivity index (χ1) is 14.3. The molecule has 0 spiro atoms. The molecule has 0 aliphatic carbocycles. The molecule has 0 fully saturated rings. The predicted octanol–water partition coefficient (Wildman–Crippen LogP) is 6.28. The average Bonchev–Trinajstić information content (AvgIpc) is 2.81. The molecule has 0 amide bonds. The van der Waals surface area contributed by atoms with Gasteiger partial charge < -0.3 is 0 Å². The van der Waals surface area contributed by atoms with Gasteiger partial charge in [-0.05, 0) is 28.8 Å². The van der Waals surface area contributed by atoms with Gasteiger partial charge in [0.05, 0.1) is 5.04 Å². The van der Waals surface area contributed by atoms with Crippen LogP contribution in [0.25, 0.3) is 0 Å². The van der Waals surface area contributed by atoms with E-state index in [-0.39, 0.29) is 5.04 Å². The Hall–Kier alpha value is -3.34. The van der Waals surface area contributed by atoms with E-state index in [0.29, 0.717) is 0 Å². The molecule has 0 N–H and O–H groups in total. The zero-order chi connectivity index (χ0) is 19.9. The Balaban J connectivity index is 1.97. The first kappa shape index (κ1) is 19.0. The molecule has 0 bridgehead atoms. The van der Waals surface area contributed by atoms with Crippen LogP contribution in [0.5, 0.6) is 0 Å². The Kier molecular flexibility index (Phi) is 5.75. The van der Waals surface area contributed by atoms with Crippen LogP contribution in [-0.4, -0.2) is 8.80 Å². The molecular weight excluding hydrogens is 364 g/mol. The summed E-state index contributed by atoms with van der Waals surface area (Å²) in [5, 5.41) is -0.254. The van der Waals surface area contributed by atoms with Crippen LogP contribution in [0.2, 0.25) is 6.55 Å². The molecule has 139 valence electrons. The summed E-state index contributed by atoms with van der Waals surface area (Å²) in [6, 6.07) is 42.8. The van der Waals surface area contributed by atoms with Gasteiger partial charge in [0.25, 0.3) is 0 Å². The molecule has 1 radical (unpaired) electrons. The van der Waals surface area contributed by atoms with E-state index in [4.69, 9.17) is 0 Å². The quantitative estimate of drug-likeness (QED) is 0.220. The van der Waals surface area contributed by atoms with E-state index < -0.39 is 8.80 Å². The molecule has 0 unspecified atom stereocenters. The molecule has 4 rings (SSSR count). The number of rotatable bonds is 4. The Labute approximate surface area is 175 Å². The summed E-state index contributed by atoms with van der Waals surface area (Å²) in [5.41, 5.74) is 8.66.